The topological polar surface area (TPSA) is 73.2 Å². The van der Waals surface area contributed by atoms with Gasteiger partial charge in [0.25, 0.3) is 11.5 Å². The normalized spacial score (nSPS) is 10.5. The third-order valence-electron chi connectivity index (χ3n) is 3.97. The summed E-state index contributed by atoms with van der Waals surface area (Å²) in [6.45, 7) is 1.62. The first kappa shape index (κ1) is 18.7. The standard InChI is InChI=1S/C20H18ClN3O3/c1-13-9-16(21)3-4-18(13)27-12-19(25)23-17-10-15(11-24(2)20(17)26)14-5-7-22-8-6-14/h3-11H,12H2,1-2H3,(H,23,25). The van der Waals surface area contributed by atoms with Gasteiger partial charge in [-0.25, -0.2) is 0 Å². The molecule has 0 fully saturated rings. The molecule has 1 amide bonds. The van der Waals surface area contributed by atoms with Crippen molar-refractivity contribution in [2.24, 2.45) is 7.05 Å². The summed E-state index contributed by atoms with van der Waals surface area (Å²) < 4.78 is 6.95. The van der Waals surface area contributed by atoms with Crippen molar-refractivity contribution in [2.45, 2.75) is 6.92 Å². The van der Waals surface area contributed by atoms with E-state index in [4.69, 9.17) is 16.3 Å². The molecule has 2 aromatic heterocycles. The maximum absolute atomic E-state index is 12.3. The highest BCUT2D eigenvalue weighted by atomic mass is 35.5. The fourth-order valence-corrected chi connectivity index (χ4v) is 2.83. The second kappa shape index (κ2) is 8.05. The van der Waals surface area contributed by atoms with Gasteiger partial charge >= 0.3 is 0 Å². The van der Waals surface area contributed by atoms with Crippen LogP contribution in [0.5, 0.6) is 5.75 Å². The largest absolute Gasteiger partial charge is 0.483 e. The van der Waals surface area contributed by atoms with Crippen LogP contribution in [0.3, 0.4) is 0 Å². The van der Waals surface area contributed by atoms with E-state index in [1.54, 1.807) is 49.9 Å². The SMILES string of the molecule is Cc1cc(Cl)ccc1OCC(=O)Nc1cc(-c2ccncc2)cn(C)c1=O. The fraction of sp³-hybridized carbons (Fsp3) is 0.150. The minimum atomic E-state index is -0.423. The van der Waals surface area contributed by atoms with Gasteiger partial charge in [0.15, 0.2) is 6.61 Å². The van der Waals surface area contributed by atoms with Crippen LogP contribution in [-0.4, -0.2) is 22.1 Å². The lowest BCUT2D eigenvalue weighted by Gasteiger charge is -2.11. The van der Waals surface area contributed by atoms with Crippen LogP contribution < -0.4 is 15.6 Å². The molecule has 0 spiro atoms. The van der Waals surface area contributed by atoms with Crippen molar-refractivity contribution in [3.05, 3.63) is 75.9 Å². The summed E-state index contributed by atoms with van der Waals surface area (Å²) in [6.07, 6.45) is 5.04. The Kier molecular flexibility index (Phi) is 5.57. The van der Waals surface area contributed by atoms with E-state index in [-0.39, 0.29) is 17.9 Å². The Morgan fingerprint density at radius 3 is 2.63 bits per heavy atom. The van der Waals surface area contributed by atoms with Gasteiger partial charge in [-0.2, -0.15) is 0 Å². The third kappa shape index (κ3) is 4.54. The summed E-state index contributed by atoms with van der Waals surface area (Å²) in [6, 6.07) is 10.4. The van der Waals surface area contributed by atoms with Gasteiger partial charge in [-0.3, -0.25) is 14.6 Å². The molecule has 0 bridgehead atoms. The van der Waals surface area contributed by atoms with Gasteiger partial charge in [-0.15, -0.1) is 0 Å². The van der Waals surface area contributed by atoms with E-state index < -0.39 is 5.91 Å². The summed E-state index contributed by atoms with van der Waals surface area (Å²) in [4.78, 5) is 28.6. The lowest BCUT2D eigenvalue weighted by Crippen LogP contribution is -2.27. The number of aromatic nitrogens is 2. The number of aryl methyl sites for hydroxylation is 2. The van der Waals surface area contributed by atoms with Crippen LogP contribution >= 0.6 is 11.6 Å². The van der Waals surface area contributed by atoms with E-state index >= 15 is 0 Å². The summed E-state index contributed by atoms with van der Waals surface area (Å²) in [5.74, 6) is 0.140. The second-order valence-electron chi connectivity index (χ2n) is 6.04. The monoisotopic (exact) mass is 383 g/mol. The Morgan fingerprint density at radius 2 is 1.93 bits per heavy atom. The zero-order chi connectivity index (χ0) is 19.4. The van der Waals surface area contributed by atoms with Crippen LogP contribution in [0.1, 0.15) is 5.56 Å². The lowest BCUT2D eigenvalue weighted by atomic mass is 10.1. The molecule has 0 radical (unpaired) electrons. The second-order valence-corrected chi connectivity index (χ2v) is 6.48. The highest BCUT2D eigenvalue weighted by Gasteiger charge is 2.11. The molecule has 138 valence electrons. The van der Waals surface area contributed by atoms with Crippen molar-refractivity contribution in [2.75, 3.05) is 11.9 Å². The number of carbonyl (C=O) groups excluding carboxylic acids is 1. The zero-order valence-corrected chi connectivity index (χ0v) is 15.7. The number of amides is 1. The Hall–Kier alpha value is -3.12. The average Bonchev–Trinajstić information content (AvgIpc) is 2.65. The molecule has 0 aliphatic rings. The molecule has 0 saturated carbocycles. The Bertz CT molecular complexity index is 1030. The molecule has 3 aromatic rings. The van der Waals surface area contributed by atoms with Crippen LogP contribution in [0.25, 0.3) is 11.1 Å². The summed E-state index contributed by atoms with van der Waals surface area (Å²) >= 11 is 5.91. The minimum Gasteiger partial charge on any atom is -0.483 e. The first-order valence-corrected chi connectivity index (χ1v) is 8.62. The first-order valence-electron chi connectivity index (χ1n) is 8.24. The zero-order valence-electron chi connectivity index (χ0n) is 14.9. The van der Waals surface area contributed by atoms with E-state index in [1.165, 1.54) is 4.57 Å². The van der Waals surface area contributed by atoms with Gasteiger partial charge in [-0.05, 0) is 54.4 Å². The molecule has 27 heavy (non-hydrogen) atoms. The van der Waals surface area contributed by atoms with Gasteiger partial charge < -0.3 is 14.6 Å². The number of nitrogens with zero attached hydrogens (tertiary/aromatic N) is 2. The summed E-state index contributed by atoms with van der Waals surface area (Å²) in [5.41, 5.74) is 2.40. The quantitative estimate of drug-likeness (QED) is 0.732. The van der Waals surface area contributed by atoms with Crippen LogP contribution in [0.2, 0.25) is 5.02 Å². The Morgan fingerprint density at radius 1 is 1.19 bits per heavy atom. The Labute approximate surface area is 161 Å². The predicted octanol–water partition coefficient (Wildman–Crippen LogP) is 3.43. The van der Waals surface area contributed by atoms with Gasteiger partial charge in [0.05, 0.1) is 0 Å². The maximum Gasteiger partial charge on any atom is 0.274 e. The molecule has 2 heterocycles. The molecule has 0 aliphatic carbocycles. The molecule has 1 aromatic carbocycles. The number of anilines is 1. The predicted molar refractivity (Wildman–Crippen MR) is 105 cm³/mol. The van der Waals surface area contributed by atoms with Gasteiger partial charge in [0.2, 0.25) is 0 Å². The number of nitrogens with one attached hydrogen (secondary N) is 1. The highest BCUT2D eigenvalue weighted by molar-refractivity contribution is 6.30. The minimum absolute atomic E-state index is 0.188. The number of pyridine rings is 2. The number of hydrogen-bond donors (Lipinski definition) is 1. The molecular formula is C20H18ClN3O3. The number of ether oxygens (including phenoxy) is 1. The van der Waals surface area contributed by atoms with Gasteiger partial charge in [0, 0.05) is 36.2 Å². The molecule has 0 unspecified atom stereocenters. The molecule has 7 heteroatoms. The third-order valence-corrected chi connectivity index (χ3v) is 4.20. The smallest absolute Gasteiger partial charge is 0.274 e. The van der Waals surface area contributed by atoms with E-state index in [1.807, 2.05) is 19.1 Å². The average molecular weight is 384 g/mol. The molecule has 0 aliphatic heterocycles. The van der Waals surface area contributed by atoms with Crippen molar-refractivity contribution < 1.29 is 9.53 Å². The molecule has 0 saturated heterocycles. The van der Waals surface area contributed by atoms with Crippen molar-refractivity contribution in [1.82, 2.24) is 9.55 Å². The van der Waals surface area contributed by atoms with E-state index in [0.717, 1.165) is 16.7 Å². The van der Waals surface area contributed by atoms with Crippen molar-refractivity contribution in [3.63, 3.8) is 0 Å². The number of benzene rings is 1. The first-order chi connectivity index (χ1) is 12.9. The molecule has 0 atom stereocenters. The van der Waals surface area contributed by atoms with E-state index in [9.17, 15) is 9.59 Å². The Balaban J connectivity index is 1.75. The van der Waals surface area contributed by atoms with Gasteiger partial charge in [0.1, 0.15) is 11.4 Å². The van der Waals surface area contributed by atoms with Crippen LogP contribution in [0.15, 0.2) is 59.8 Å². The summed E-state index contributed by atoms with van der Waals surface area (Å²) in [5, 5.41) is 3.22. The molecule has 3 rings (SSSR count). The fourth-order valence-electron chi connectivity index (χ4n) is 2.61. The lowest BCUT2D eigenvalue weighted by molar-refractivity contribution is -0.118. The number of halogens is 1. The van der Waals surface area contributed by atoms with Crippen molar-refractivity contribution in [3.8, 4) is 16.9 Å². The van der Waals surface area contributed by atoms with Crippen molar-refractivity contribution in [1.29, 1.82) is 0 Å². The van der Waals surface area contributed by atoms with Gasteiger partial charge in [-0.1, -0.05) is 11.6 Å². The van der Waals surface area contributed by atoms with Crippen LogP contribution in [-0.2, 0) is 11.8 Å². The van der Waals surface area contributed by atoms with E-state index in [0.29, 0.717) is 10.8 Å². The van der Waals surface area contributed by atoms with Crippen molar-refractivity contribution >= 4 is 23.2 Å². The van der Waals surface area contributed by atoms with E-state index in [2.05, 4.69) is 10.3 Å². The molecule has 6 nitrogen and oxygen atoms in total. The molecular weight excluding hydrogens is 366 g/mol. The highest BCUT2D eigenvalue weighted by Crippen LogP contribution is 2.22. The number of rotatable bonds is 5. The number of hydrogen-bond acceptors (Lipinski definition) is 4. The summed E-state index contributed by atoms with van der Waals surface area (Å²) in [7, 11) is 1.64. The van der Waals surface area contributed by atoms with Crippen LogP contribution in [0.4, 0.5) is 5.69 Å². The number of carbonyl (C=O) groups is 1. The molecule has 1 N–H and O–H groups in total. The van der Waals surface area contributed by atoms with Crippen LogP contribution in [0, 0.1) is 6.92 Å². The maximum atomic E-state index is 12.3.